The summed E-state index contributed by atoms with van der Waals surface area (Å²) in [6.07, 6.45) is 56.7. The molecular weight excluding hydrogens is 814 g/mol. The van der Waals surface area contributed by atoms with Crippen molar-refractivity contribution in [2.45, 2.75) is 135 Å². The van der Waals surface area contributed by atoms with Crippen LogP contribution < -0.4 is 4.89 Å². The largest absolute Gasteiger partial charge is 0.756 e. The Labute approximate surface area is 382 Å². The van der Waals surface area contributed by atoms with Crippen molar-refractivity contribution in [3.8, 4) is 0 Å². The summed E-state index contributed by atoms with van der Waals surface area (Å²) in [4.78, 5) is 37.6. The van der Waals surface area contributed by atoms with Crippen LogP contribution in [0.25, 0.3) is 0 Å². The summed E-state index contributed by atoms with van der Waals surface area (Å²) in [5, 5.41) is 10.3. The molecule has 0 amide bonds. The third kappa shape index (κ3) is 45.9. The average molecular weight is 896 g/mol. The third-order valence-electron chi connectivity index (χ3n) is 8.78. The quantitative estimate of drug-likeness (QED) is 0.0160. The normalized spacial score (nSPS) is 15.2. The monoisotopic (exact) mass is 896 g/mol. The molecular formula is C52H82NO9P. The second kappa shape index (κ2) is 42.1. The lowest BCUT2D eigenvalue weighted by molar-refractivity contribution is -0.870. The van der Waals surface area contributed by atoms with Gasteiger partial charge >= 0.3 is 11.9 Å². The van der Waals surface area contributed by atoms with E-state index in [9.17, 15) is 24.2 Å². The van der Waals surface area contributed by atoms with Crippen molar-refractivity contribution in [1.82, 2.24) is 0 Å². The third-order valence-corrected chi connectivity index (χ3v) is 9.75. The number of carbonyl (C=O) groups excluding carboxylic acids is 2. The minimum Gasteiger partial charge on any atom is -0.756 e. The molecule has 0 aromatic heterocycles. The highest BCUT2D eigenvalue weighted by molar-refractivity contribution is 7.45. The first-order chi connectivity index (χ1) is 30.4. The summed E-state index contributed by atoms with van der Waals surface area (Å²) in [5.41, 5.74) is 0. The molecule has 0 radical (unpaired) electrons. The predicted molar refractivity (Wildman–Crippen MR) is 260 cm³/mol. The van der Waals surface area contributed by atoms with Crippen molar-refractivity contribution in [2.75, 3.05) is 47.5 Å². The van der Waals surface area contributed by atoms with Gasteiger partial charge in [0.1, 0.15) is 19.8 Å². The number of esters is 2. The lowest BCUT2D eigenvalue weighted by Crippen LogP contribution is -2.37. The number of nitrogens with zero attached hydrogens (tertiary/aromatic N) is 1. The molecule has 0 rings (SSSR count). The zero-order chi connectivity index (χ0) is 46.5. The van der Waals surface area contributed by atoms with Gasteiger partial charge in [-0.25, -0.2) is 0 Å². The lowest BCUT2D eigenvalue weighted by Gasteiger charge is -2.28. The van der Waals surface area contributed by atoms with Gasteiger partial charge in [0.15, 0.2) is 6.10 Å². The molecule has 0 saturated heterocycles. The predicted octanol–water partition coefficient (Wildman–Crippen LogP) is 11.8. The minimum atomic E-state index is -4.70. The van der Waals surface area contributed by atoms with E-state index >= 15 is 0 Å². The number of aliphatic hydroxyl groups is 1. The summed E-state index contributed by atoms with van der Waals surface area (Å²) in [5.74, 6) is -1.17. The van der Waals surface area contributed by atoms with Crippen molar-refractivity contribution < 1.29 is 47.2 Å². The molecule has 0 aliphatic heterocycles. The number of unbranched alkanes of at least 4 members (excludes halogenated alkanes) is 3. The highest BCUT2D eigenvalue weighted by atomic mass is 31.2. The van der Waals surface area contributed by atoms with Gasteiger partial charge in [0.2, 0.25) is 0 Å². The van der Waals surface area contributed by atoms with Crippen LogP contribution >= 0.6 is 7.82 Å². The molecule has 0 fully saturated rings. The average Bonchev–Trinajstić information content (AvgIpc) is 3.24. The van der Waals surface area contributed by atoms with E-state index in [1.54, 1.807) is 12.2 Å². The van der Waals surface area contributed by atoms with Crippen molar-refractivity contribution in [3.63, 3.8) is 0 Å². The molecule has 0 aromatic carbocycles. The Morgan fingerprint density at radius 2 is 1.06 bits per heavy atom. The number of hydrogen-bond donors (Lipinski definition) is 1. The Hall–Kier alpha value is -3.89. The maximum atomic E-state index is 12.7. The number of phosphoric ester groups is 1. The second-order valence-corrected chi connectivity index (χ2v) is 17.3. The van der Waals surface area contributed by atoms with Gasteiger partial charge < -0.3 is 33.0 Å². The van der Waals surface area contributed by atoms with Gasteiger partial charge in [-0.15, -0.1) is 0 Å². The van der Waals surface area contributed by atoms with Crippen LogP contribution in [-0.4, -0.2) is 81.2 Å². The van der Waals surface area contributed by atoms with Crippen LogP contribution in [-0.2, 0) is 32.7 Å². The van der Waals surface area contributed by atoms with Crippen LogP contribution in [0.3, 0.4) is 0 Å². The van der Waals surface area contributed by atoms with E-state index in [0.717, 1.165) is 83.5 Å². The van der Waals surface area contributed by atoms with Crippen molar-refractivity contribution in [3.05, 3.63) is 134 Å². The zero-order valence-electron chi connectivity index (χ0n) is 39.3. The van der Waals surface area contributed by atoms with Gasteiger partial charge in [0.25, 0.3) is 7.82 Å². The maximum Gasteiger partial charge on any atom is 0.306 e. The van der Waals surface area contributed by atoms with Crippen LogP contribution in [0, 0.1) is 0 Å². The SMILES string of the molecule is CC/C=C\C/C=C\C/C=C\C/C=C\C/C=C\C=C/C(O)CCC(=O)OC[C@H](COP(=O)([O-])OCC[N+](C)(C)C)OC(=O)CCCCC/C=C\C/C=C\C/C=C\C/C=C\C/C=C\CC. The fraction of sp³-hybridized carbons (Fsp3) is 0.538. The van der Waals surface area contributed by atoms with Crippen molar-refractivity contribution in [2.24, 2.45) is 0 Å². The fourth-order valence-corrected chi connectivity index (χ4v) is 5.93. The topological polar surface area (TPSA) is 131 Å². The Kier molecular flexibility index (Phi) is 39.5. The number of aliphatic hydroxyl groups excluding tert-OH is 1. The van der Waals surface area contributed by atoms with Crippen LogP contribution in [0.4, 0.5) is 0 Å². The molecule has 0 bridgehead atoms. The smallest absolute Gasteiger partial charge is 0.306 e. The lowest BCUT2D eigenvalue weighted by atomic mass is 10.1. The number of carbonyl (C=O) groups is 2. The zero-order valence-corrected chi connectivity index (χ0v) is 40.2. The molecule has 10 nitrogen and oxygen atoms in total. The molecule has 11 heteroatoms. The highest BCUT2D eigenvalue weighted by Crippen LogP contribution is 2.38. The molecule has 0 saturated carbocycles. The second-order valence-electron chi connectivity index (χ2n) is 15.8. The number of likely N-dealkylation sites (N-methyl/N-ethyl adjacent to an activating group) is 1. The summed E-state index contributed by atoms with van der Waals surface area (Å²) in [6.45, 7) is 3.64. The first kappa shape index (κ1) is 59.1. The molecule has 0 aromatic rings. The standard InChI is InChI=1S/C52H82NO9P/c1-6-8-10-12-14-16-18-20-22-24-25-26-28-30-32-34-36-38-40-42-52(56)62-50(48-61-63(57,58)60-46-45-53(3,4)5)47-59-51(55)44-43-49(54)41-39-37-35-33-31-29-27-23-21-19-17-15-13-11-9-7-2/h8-11,14-17,20-23,25-26,29-32,35,37,39,41,49-50,54H,6-7,12-13,18-19,24,27-28,33-34,36,38,40,42-48H2,1-5H3/b10-8-,11-9-,16-14-,17-15-,22-20-,23-21-,26-25-,31-29-,32-30-,37-35-,41-39-/t49?,50-/m1/s1. The van der Waals surface area contributed by atoms with Gasteiger partial charge in [0.05, 0.1) is 33.9 Å². The maximum absolute atomic E-state index is 12.7. The van der Waals surface area contributed by atoms with Gasteiger partial charge in [0, 0.05) is 12.8 Å². The van der Waals surface area contributed by atoms with E-state index < -0.39 is 45.2 Å². The number of hydrogen-bond acceptors (Lipinski definition) is 9. The van der Waals surface area contributed by atoms with Crippen LogP contribution in [0.5, 0.6) is 0 Å². The fourth-order valence-electron chi connectivity index (χ4n) is 5.20. The van der Waals surface area contributed by atoms with Gasteiger partial charge in [-0.05, 0) is 89.9 Å². The van der Waals surface area contributed by atoms with Crippen LogP contribution in [0.15, 0.2) is 134 Å². The Bertz CT molecular complexity index is 1540. The number of ether oxygens (including phenoxy) is 2. The summed E-state index contributed by atoms with van der Waals surface area (Å²) in [6, 6.07) is 0. The van der Waals surface area contributed by atoms with Gasteiger partial charge in [-0.3, -0.25) is 14.2 Å². The van der Waals surface area contributed by atoms with Gasteiger partial charge in [-0.2, -0.15) is 0 Å². The molecule has 354 valence electrons. The highest BCUT2D eigenvalue weighted by Gasteiger charge is 2.22. The molecule has 0 aliphatic rings. The Morgan fingerprint density at radius 1 is 0.587 bits per heavy atom. The summed E-state index contributed by atoms with van der Waals surface area (Å²) >= 11 is 0. The summed E-state index contributed by atoms with van der Waals surface area (Å²) < 4.78 is 33.7. The van der Waals surface area contributed by atoms with E-state index in [0.29, 0.717) is 17.4 Å². The molecule has 63 heavy (non-hydrogen) atoms. The van der Waals surface area contributed by atoms with Crippen molar-refractivity contribution in [1.29, 1.82) is 0 Å². The molecule has 2 unspecified atom stereocenters. The van der Waals surface area contributed by atoms with E-state index in [2.05, 4.69) is 123 Å². The van der Waals surface area contributed by atoms with Crippen LogP contribution in [0.1, 0.15) is 123 Å². The van der Waals surface area contributed by atoms with Crippen molar-refractivity contribution >= 4 is 19.8 Å². The minimum absolute atomic E-state index is 0.0821. The first-order valence-electron chi connectivity index (χ1n) is 23.0. The van der Waals surface area contributed by atoms with E-state index in [1.807, 2.05) is 33.3 Å². The Morgan fingerprint density at radius 3 is 1.56 bits per heavy atom. The number of rotatable bonds is 39. The summed E-state index contributed by atoms with van der Waals surface area (Å²) in [7, 11) is 0.993. The number of allylic oxidation sites excluding steroid dienone is 21. The van der Waals surface area contributed by atoms with E-state index in [4.69, 9.17) is 18.5 Å². The number of quaternary nitrogens is 1. The molecule has 0 aliphatic carbocycles. The van der Waals surface area contributed by atoms with E-state index in [1.165, 1.54) is 0 Å². The molecule has 3 atom stereocenters. The first-order valence-corrected chi connectivity index (χ1v) is 24.5. The number of phosphoric acid groups is 1. The molecule has 1 N–H and O–H groups in total. The molecule has 0 heterocycles. The molecule has 0 spiro atoms. The van der Waals surface area contributed by atoms with Crippen LogP contribution in [0.2, 0.25) is 0 Å². The Balaban J connectivity index is 4.65. The van der Waals surface area contributed by atoms with E-state index in [-0.39, 0.29) is 25.9 Å². The van der Waals surface area contributed by atoms with Gasteiger partial charge in [-0.1, -0.05) is 154 Å².